The van der Waals surface area contributed by atoms with Crippen molar-refractivity contribution in [3.63, 3.8) is 0 Å². The van der Waals surface area contributed by atoms with Crippen LogP contribution in [-0.4, -0.2) is 48.8 Å². The maximum Gasteiger partial charge on any atom is 0.321 e. The van der Waals surface area contributed by atoms with E-state index in [-0.39, 0.29) is 11.5 Å². The first kappa shape index (κ1) is 12.5. The molecule has 1 rings (SSSR count). The van der Waals surface area contributed by atoms with Crippen LogP contribution in [0.25, 0.3) is 0 Å². The Balaban J connectivity index is 2.71. The molecular weight excluding hydrogens is 194 g/mol. The highest BCUT2D eigenvalue weighted by Crippen LogP contribution is 2.34. The number of hydrogen-bond donors (Lipinski definition) is 1. The van der Waals surface area contributed by atoms with Crippen LogP contribution in [0, 0.1) is 5.41 Å². The fraction of sp³-hybridized carbons (Fsp3) is 0.909. The molecular formula is C11H21NO3. The van der Waals surface area contributed by atoms with E-state index < -0.39 is 5.97 Å². The van der Waals surface area contributed by atoms with Gasteiger partial charge in [0.05, 0.1) is 6.61 Å². The van der Waals surface area contributed by atoms with Gasteiger partial charge in [-0.15, -0.1) is 0 Å². The molecule has 1 atom stereocenters. The second kappa shape index (κ2) is 4.94. The Hall–Kier alpha value is -0.610. The highest BCUT2D eigenvalue weighted by Gasteiger charge is 2.41. The number of hydrogen-bond acceptors (Lipinski definition) is 3. The van der Waals surface area contributed by atoms with Crippen molar-refractivity contribution in [3.8, 4) is 0 Å². The minimum absolute atomic E-state index is 0.141. The number of likely N-dealkylation sites (tertiary alicyclic amines) is 1. The van der Waals surface area contributed by atoms with E-state index in [4.69, 9.17) is 4.74 Å². The molecule has 0 aliphatic carbocycles. The lowest BCUT2D eigenvalue weighted by molar-refractivity contribution is -0.151. The summed E-state index contributed by atoms with van der Waals surface area (Å²) < 4.78 is 5.01. The number of methoxy groups -OCH3 is 1. The van der Waals surface area contributed by atoms with Crippen LogP contribution in [0.2, 0.25) is 0 Å². The molecule has 0 amide bonds. The van der Waals surface area contributed by atoms with Crippen LogP contribution >= 0.6 is 0 Å². The van der Waals surface area contributed by atoms with E-state index in [9.17, 15) is 9.90 Å². The summed E-state index contributed by atoms with van der Waals surface area (Å²) in [6, 6.07) is -0.374. The molecule has 0 bridgehead atoms. The summed E-state index contributed by atoms with van der Waals surface area (Å²) in [5.74, 6) is -0.712. The van der Waals surface area contributed by atoms with E-state index in [1.807, 2.05) is 18.7 Å². The number of nitrogens with zero attached hydrogens (tertiary/aromatic N) is 1. The van der Waals surface area contributed by atoms with Gasteiger partial charge < -0.3 is 9.84 Å². The molecule has 1 heterocycles. The predicted molar refractivity (Wildman–Crippen MR) is 57.9 cm³/mol. The Labute approximate surface area is 91.2 Å². The van der Waals surface area contributed by atoms with Crippen LogP contribution < -0.4 is 0 Å². The van der Waals surface area contributed by atoms with Crippen LogP contribution in [0.5, 0.6) is 0 Å². The average Bonchev–Trinajstić information content (AvgIpc) is 2.12. The first-order valence-corrected chi connectivity index (χ1v) is 5.45. The standard InChI is InChI=1S/C11H21NO3/c1-11(2)5-4-6-12(7-8-15-3)9(11)10(13)14/h9H,4-8H2,1-3H3,(H,13,14). The highest BCUT2D eigenvalue weighted by molar-refractivity contribution is 5.74. The first-order chi connectivity index (χ1) is 6.99. The van der Waals surface area contributed by atoms with Gasteiger partial charge in [-0.05, 0) is 24.8 Å². The quantitative estimate of drug-likeness (QED) is 0.765. The molecule has 1 N–H and O–H groups in total. The molecule has 88 valence electrons. The van der Waals surface area contributed by atoms with Gasteiger partial charge in [0, 0.05) is 13.7 Å². The number of carboxylic acids is 1. The lowest BCUT2D eigenvalue weighted by Crippen LogP contribution is -2.54. The van der Waals surface area contributed by atoms with Crippen LogP contribution in [0.3, 0.4) is 0 Å². The largest absolute Gasteiger partial charge is 0.480 e. The van der Waals surface area contributed by atoms with E-state index in [1.165, 1.54) is 0 Å². The smallest absolute Gasteiger partial charge is 0.321 e. The van der Waals surface area contributed by atoms with E-state index >= 15 is 0 Å². The maximum atomic E-state index is 11.3. The normalized spacial score (nSPS) is 26.5. The van der Waals surface area contributed by atoms with Crippen molar-refractivity contribution in [2.75, 3.05) is 26.8 Å². The Morgan fingerprint density at radius 3 is 2.80 bits per heavy atom. The zero-order chi connectivity index (χ0) is 11.5. The SMILES string of the molecule is COCCN1CCCC(C)(C)C1C(=O)O. The van der Waals surface area contributed by atoms with Gasteiger partial charge in [0.25, 0.3) is 0 Å². The van der Waals surface area contributed by atoms with Crippen molar-refractivity contribution < 1.29 is 14.6 Å². The zero-order valence-electron chi connectivity index (χ0n) is 9.82. The molecule has 1 saturated heterocycles. The summed E-state index contributed by atoms with van der Waals surface area (Å²) in [5, 5.41) is 9.26. The summed E-state index contributed by atoms with van der Waals surface area (Å²) in [6.45, 7) is 6.23. The third kappa shape index (κ3) is 2.92. The van der Waals surface area contributed by atoms with Gasteiger partial charge in [-0.25, -0.2) is 0 Å². The number of carboxylic acid groups (broad SMARTS) is 1. The van der Waals surface area contributed by atoms with Gasteiger partial charge in [0.15, 0.2) is 0 Å². The third-order valence-electron chi connectivity index (χ3n) is 3.19. The fourth-order valence-corrected chi connectivity index (χ4v) is 2.44. The van der Waals surface area contributed by atoms with Crippen molar-refractivity contribution in [3.05, 3.63) is 0 Å². The fourth-order valence-electron chi connectivity index (χ4n) is 2.44. The van der Waals surface area contributed by atoms with E-state index in [0.717, 1.165) is 19.4 Å². The Kier molecular flexibility index (Phi) is 4.11. The molecule has 0 saturated carbocycles. The first-order valence-electron chi connectivity index (χ1n) is 5.45. The highest BCUT2D eigenvalue weighted by atomic mass is 16.5. The summed E-state index contributed by atoms with van der Waals surface area (Å²) in [6.07, 6.45) is 2.05. The van der Waals surface area contributed by atoms with Crippen molar-refractivity contribution in [1.82, 2.24) is 4.90 Å². The van der Waals surface area contributed by atoms with Crippen molar-refractivity contribution in [2.45, 2.75) is 32.7 Å². The number of piperidine rings is 1. The van der Waals surface area contributed by atoms with Crippen LogP contribution in [-0.2, 0) is 9.53 Å². The minimum Gasteiger partial charge on any atom is -0.480 e. The van der Waals surface area contributed by atoms with Gasteiger partial charge in [0.1, 0.15) is 6.04 Å². The molecule has 0 spiro atoms. The summed E-state index contributed by atoms with van der Waals surface area (Å²) >= 11 is 0. The molecule has 0 radical (unpaired) electrons. The van der Waals surface area contributed by atoms with Gasteiger partial charge >= 0.3 is 5.97 Å². The summed E-state index contributed by atoms with van der Waals surface area (Å²) in [7, 11) is 1.64. The minimum atomic E-state index is -0.712. The lowest BCUT2D eigenvalue weighted by Gasteiger charge is -2.43. The maximum absolute atomic E-state index is 11.3. The molecule has 4 nitrogen and oxygen atoms in total. The number of rotatable bonds is 4. The van der Waals surface area contributed by atoms with Crippen molar-refractivity contribution in [2.24, 2.45) is 5.41 Å². The summed E-state index contributed by atoms with van der Waals surface area (Å²) in [4.78, 5) is 13.3. The molecule has 1 fully saturated rings. The van der Waals surface area contributed by atoms with Gasteiger partial charge in [-0.1, -0.05) is 13.8 Å². The van der Waals surface area contributed by atoms with Crippen molar-refractivity contribution in [1.29, 1.82) is 0 Å². The van der Waals surface area contributed by atoms with E-state index in [1.54, 1.807) is 7.11 Å². The number of aliphatic carboxylic acids is 1. The average molecular weight is 215 g/mol. The molecule has 4 heteroatoms. The van der Waals surface area contributed by atoms with Gasteiger partial charge in [0.2, 0.25) is 0 Å². The molecule has 1 aliphatic heterocycles. The molecule has 15 heavy (non-hydrogen) atoms. The number of carbonyl (C=O) groups is 1. The monoisotopic (exact) mass is 215 g/mol. The predicted octanol–water partition coefficient (Wildman–Crippen LogP) is 1.21. The van der Waals surface area contributed by atoms with Gasteiger partial charge in [-0.3, -0.25) is 9.69 Å². The second-order valence-electron chi connectivity index (χ2n) is 4.86. The zero-order valence-corrected chi connectivity index (χ0v) is 9.82. The molecule has 0 aromatic heterocycles. The van der Waals surface area contributed by atoms with Gasteiger partial charge in [-0.2, -0.15) is 0 Å². The van der Waals surface area contributed by atoms with E-state index in [2.05, 4.69) is 0 Å². The second-order valence-corrected chi connectivity index (χ2v) is 4.86. The molecule has 0 aromatic rings. The van der Waals surface area contributed by atoms with Crippen LogP contribution in [0.4, 0.5) is 0 Å². The summed E-state index contributed by atoms with van der Waals surface area (Å²) in [5.41, 5.74) is -0.141. The third-order valence-corrected chi connectivity index (χ3v) is 3.19. The van der Waals surface area contributed by atoms with Crippen LogP contribution in [0.1, 0.15) is 26.7 Å². The lowest BCUT2D eigenvalue weighted by atomic mass is 9.76. The van der Waals surface area contributed by atoms with Crippen LogP contribution in [0.15, 0.2) is 0 Å². The Morgan fingerprint density at radius 2 is 2.27 bits per heavy atom. The molecule has 0 aromatic carbocycles. The number of ether oxygens (including phenoxy) is 1. The molecule has 1 unspecified atom stereocenters. The molecule has 1 aliphatic rings. The Morgan fingerprint density at radius 1 is 1.60 bits per heavy atom. The topological polar surface area (TPSA) is 49.8 Å². The Bertz CT molecular complexity index is 228. The van der Waals surface area contributed by atoms with Crippen molar-refractivity contribution >= 4 is 5.97 Å². The van der Waals surface area contributed by atoms with E-state index in [0.29, 0.717) is 13.2 Å².